The van der Waals surface area contributed by atoms with Crippen LogP contribution in [-0.4, -0.2) is 29.3 Å². The number of nitrogens with zero attached hydrogens (tertiary/aromatic N) is 3. The van der Waals surface area contributed by atoms with Gasteiger partial charge in [-0.25, -0.2) is 4.98 Å². The van der Waals surface area contributed by atoms with E-state index in [1.165, 1.54) is 0 Å². The van der Waals surface area contributed by atoms with Gasteiger partial charge in [-0.2, -0.15) is 5.26 Å². The summed E-state index contributed by atoms with van der Waals surface area (Å²) >= 11 is 0. The van der Waals surface area contributed by atoms with Crippen molar-refractivity contribution in [1.82, 2.24) is 4.98 Å². The number of nitriles is 1. The number of anilines is 1. The number of β-amino-alcohol motifs (C(OH)–C–C–N with tert-alkyl or cyclic N) is 1. The molecule has 1 aromatic heterocycles. The molecule has 1 aliphatic rings. The molecule has 0 bridgehead atoms. The number of aliphatic hydroxyl groups excluding tert-OH is 1. The van der Waals surface area contributed by atoms with Crippen LogP contribution >= 0.6 is 0 Å². The van der Waals surface area contributed by atoms with Crippen LogP contribution in [0.3, 0.4) is 0 Å². The van der Waals surface area contributed by atoms with Gasteiger partial charge in [0.1, 0.15) is 5.82 Å². The summed E-state index contributed by atoms with van der Waals surface area (Å²) < 4.78 is 0. The second-order valence-corrected chi connectivity index (χ2v) is 3.32. The molecule has 0 unspecified atom stereocenters. The normalized spacial score (nSPS) is 26.1. The Balaban J connectivity index is 2.13. The largest absolute Gasteiger partial charge is 0.390 e. The fourth-order valence-electron chi connectivity index (χ4n) is 1.60. The molecule has 14 heavy (non-hydrogen) atoms. The Kier molecular flexibility index (Phi) is 2.33. The van der Waals surface area contributed by atoms with Gasteiger partial charge in [0, 0.05) is 25.4 Å². The molecule has 4 nitrogen and oxygen atoms in total. The average molecular weight is 188 g/mol. The van der Waals surface area contributed by atoms with Crippen LogP contribution in [0.4, 0.5) is 5.82 Å². The van der Waals surface area contributed by atoms with Crippen molar-refractivity contribution in [3.63, 3.8) is 0 Å². The van der Waals surface area contributed by atoms with Crippen molar-refractivity contribution in [2.45, 2.75) is 6.10 Å². The minimum atomic E-state index is -0.564. The Labute approximate surface area is 82.4 Å². The van der Waals surface area contributed by atoms with Gasteiger partial charge in [0.2, 0.25) is 0 Å². The fourth-order valence-corrected chi connectivity index (χ4v) is 1.60. The maximum absolute atomic E-state index is 9.52. The summed E-state index contributed by atoms with van der Waals surface area (Å²) in [5.74, 6) is 0.488. The molecule has 1 N–H and O–H groups in total. The van der Waals surface area contributed by atoms with E-state index in [0.29, 0.717) is 13.1 Å². The third-order valence-electron chi connectivity index (χ3n) is 2.38. The van der Waals surface area contributed by atoms with Crippen molar-refractivity contribution in [1.29, 1.82) is 5.26 Å². The van der Waals surface area contributed by atoms with Crippen LogP contribution < -0.4 is 4.90 Å². The standard InChI is InChI=1S/C10H10N3O/c11-5-8-6-13(7-9(8)14)10-3-1-2-4-12-10/h1,3-4,8-9,14H,6-7H2/t8-,9-/m0/s1. The number of pyridine rings is 1. The van der Waals surface area contributed by atoms with Crippen LogP contribution in [0.15, 0.2) is 18.3 Å². The highest BCUT2D eigenvalue weighted by atomic mass is 16.3. The zero-order chi connectivity index (χ0) is 9.97. The van der Waals surface area contributed by atoms with E-state index in [2.05, 4.69) is 17.1 Å². The topological polar surface area (TPSA) is 60.2 Å². The second-order valence-electron chi connectivity index (χ2n) is 3.32. The molecule has 4 heteroatoms. The zero-order valence-electron chi connectivity index (χ0n) is 7.59. The first kappa shape index (κ1) is 8.97. The van der Waals surface area contributed by atoms with Crippen molar-refractivity contribution in [2.75, 3.05) is 18.0 Å². The Morgan fingerprint density at radius 1 is 1.64 bits per heavy atom. The van der Waals surface area contributed by atoms with Gasteiger partial charge in [-0.1, -0.05) is 0 Å². The highest BCUT2D eigenvalue weighted by molar-refractivity contribution is 5.40. The van der Waals surface area contributed by atoms with Crippen molar-refractivity contribution < 1.29 is 5.11 Å². The minimum Gasteiger partial charge on any atom is -0.390 e. The van der Waals surface area contributed by atoms with Crippen LogP contribution in [0, 0.1) is 23.3 Å². The number of hydrogen-bond donors (Lipinski definition) is 1. The number of aliphatic hydroxyl groups is 1. The average Bonchev–Trinajstić information content (AvgIpc) is 2.61. The van der Waals surface area contributed by atoms with Crippen molar-refractivity contribution in [3.05, 3.63) is 24.4 Å². The van der Waals surface area contributed by atoms with Crippen LogP contribution in [0.25, 0.3) is 0 Å². The molecule has 0 spiro atoms. The molecule has 2 atom stereocenters. The lowest BCUT2D eigenvalue weighted by Crippen LogP contribution is -2.21. The zero-order valence-corrected chi connectivity index (χ0v) is 7.59. The first-order chi connectivity index (χ1) is 6.81. The van der Waals surface area contributed by atoms with Crippen LogP contribution in [0.1, 0.15) is 0 Å². The molecule has 0 aliphatic carbocycles. The second kappa shape index (κ2) is 3.64. The van der Waals surface area contributed by atoms with E-state index in [1.54, 1.807) is 12.3 Å². The fraction of sp³-hybridized carbons (Fsp3) is 0.400. The van der Waals surface area contributed by atoms with Gasteiger partial charge >= 0.3 is 0 Å². The van der Waals surface area contributed by atoms with E-state index in [1.807, 2.05) is 11.0 Å². The first-order valence-corrected chi connectivity index (χ1v) is 4.46. The maximum Gasteiger partial charge on any atom is 0.128 e. The Hall–Kier alpha value is -1.60. The van der Waals surface area contributed by atoms with Gasteiger partial charge in [-0.05, 0) is 12.1 Å². The smallest absolute Gasteiger partial charge is 0.128 e. The summed E-state index contributed by atoms with van der Waals surface area (Å²) in [4.78, 5) is 6.02. The third-order valence-corrected chi connectivity index (χ3v) is 2.38. The molecular formula is C10H10N3O. The van der Waals surface area contributed by atoms with E-state index < -0.39 is 6.10 Å². The molecule has 71 valence electrons. The highest BCUT2D eigenvalue weighted by Gasteiger charge is 2.31. The molecule has 0 aromatic carbocycles. The van der Waals surface area contributed by atoms with Crippen LogP contribution in [0.2, 0.25) is 0 Å². The molecule has 1 aliphatic heterocycles. The lowest BCUT2D eigenvalue weighted by Gasteiger charge is -2.15. The number of rotatable bonds is 1. The Morgan fingerprint density at radius 3 is 3.07 bits per heavy atom. The molecule has 0 saturated carbocycles. The van der Waals surface area contributed by atoms with Gasteiger partial charge in [-0.15, -0.1) is 0 Å². The van der Waals surface area contributed by atoms with E-state index in [9.17, 15) is 5.11 Å². The van der Waals surface area contributed by atoms with Crippen LogP contribution in [-0.2, 0) is 0 Å². The Morgan fingerprint density at radius 2 is 2.50 bits per heavy atom. The lowest BCUT2D eigenvalue weighted by atomic mass is 10.1. The first-order valence-electron chi connectivity index (χ1n) is 4.46. The predicted octanol–water partition coefficient (Wildman–Crippen LogP) is 0.202. The summed E-state index contributed by atoms with van der Waals surface area (Å²) in [6, 6.07) is 8.51. The van der Waals surface area contributed by atoms with Crippen LogP contribution in [0.5, 0.6) is 0 Å². The maximum atomic E-state index is 9.52. The molecule has 2 heterocycles. The highest BCUT2D eigenvalue weighted by Crippen LogP contribution is 2.21. The van der Waals surface area contributed by atoms with E-state index in [-0.39, 0.29) is 5.92 Å². The Bertz CT molecular complexity index is 346. The van der Waals surface area contributed by atoms with E-state index in [4.69, 9.17) is 5.26 Å². The third kappa shape index (κ3) is 1.54. The molecule has 0 amide bonds. The summed E-state index contributed by atoms with van der Waals surface area (Å²) in [5.41, 5.74) is 0. The van der Waals surface area contributed by atoms with Gasteiger partial charge in [0.25, 0.3) is 0 Å². The monoisotopic (exact) mass is 188 g/mol. The number of aromatic nitrogens is 1. The molecule has 1 radical (unpaired) electrons. The van der Waals surface area contributed by atoms with E-state index in [0.717, 1.165) is 5.82 Å². The van der Waals surface area contributed by atoms with Crippen molar-refractivity contribution in [3.8, 4) is 6.07 Å². The summed E-state index contributed by atoms with van der Waals surface area (Å²) in [6.07, 6.45) is 1.02. The SMILES string of the molecule is N#C[C@H]1CN(c2cc[c]cn2)C[C@@H]1O. The van der Waals surface area contributed by atoms with Gasteiger partial charge in [0.15, 0.2) is 0 Å². The minimum absolute atomic E-state index is 0.305. The summed E-state index contributed by atoms with van der Waals surface area (Å²) in [5, 5.41) is 18.3. The van der Waals surface area contributed by atoms with Gasteiger partial charge in [0.05, 0.1) is 18.1 Å². The van der Waals surface area contributed by atoms with Gasteiger partial charge < -0.3 is 10.0 Å². The lowest BCUT2D eigenvalue weighted by molar-refractivity contribution is 0.171. The van der Waals surface area contributed by atoms with E-state index >= 15 is 0 Å². The summed E-state index contributed by atoms with van der Waals surface area (Å²) in [6.45, 7) is 1.03. The summed E-state index contributed by atoms with van der Waals surface area (Å²) in [7, 11) is 0. The van der Waals surface area contributed by atoms with Gasteiger partial charge in [-0.3, -0.25) is 0 Å². The predicted molar refractivity (Wildman–Crippen MR) is 50.4 cm³/mol. The number of hydrogen-bond acceptors (Lipinski definition) is 4. The molecule has 2 rings (SSSR count). The molecule has 1 saturated heterocycles. The molecule has 1 fully saturated rings. The quantitative estimate of drug-likeness (QED) is 0.684. The van der Waals surface area contributed by atoms with Crippen molar-refractivity contribution in [2.24, 2.45) is 5.92 Å². The van der Waals surface area contributed by atoms with Crippen molar-refractivity contribution >= 4 is 5.82 Å². The molecule has 1 aromatic rings. The molecular weight excluding hydrogens is 178 g/mol.